The fourth-order valence-corrected chi connectivity index (χ4v) is 1.64. The number of halogens is 1. The summed E-state index contributed by atoms with van der Waals surface area (Å²) in [4.78, 5) is 24.8. The van der Waals surface area contributed by atoms with Gasteiger partial charge in [0.2, 0.25) is 5.91 Å². The fraction of sp³-hybridized carbons (Fsp3) is 0.429. The summed E-state index contributed by atoms with van der Waals surface area (Å²) in [6.45, 7) is 3.57. The molecule has 0 aliphatic rings. The van der Waals surface area contributed by atoms with E-state index in [0.29, 0.717) is 5.56 Å². The first-order valence-corrected chi connectivity index (χ1v) is 6.04. The number of hydrogen-bond donors (Lipinski definition) is 0. The molecule has 0 bridgehead atoms. The van der Waals surface area contributed by atoms with Crippen molar-refractivity contribution in [1.29, 1.82) is 0 Å². The van der Waals surface area contributed by atoms with Crippen LogP contribution < -0.4 is 0 Å². The van der Waals surface area contributed by atoms with Gasteiger partial charge in [0.15, 0.2) is 0 Å². The molecular weight excluding hydrogens is 249 g/mol. The summed E-state index contributed by atoms with van der Waals surface area (Å²) < 4.78 is 17.3. The van der Waals surface area contributed by atoms with Crippen molar-refractivity contribution in [3.05, 3.63) is 35.6 Å². The number of carbonyl (C=O) groups is 2. The number of rotatable bonds is 5. The third-order valence-corrected chi connectivity index (χ3v) is 2.74. The van der Waals surface area contributed by atoms with Crippen molar-refractivity contribution in [2.45, 2.75) is 26.3 Å². The number of carbonyl (C=O) groups excluding carboxylic acids is 2. The minimum Gasteiger partial charge on any atom is -0.468 e. The third kappa shape index (κ3) is 4.69. The Hall–Kier alpha value is -1.91. The summed E-state index contributed by atoms with van der Waals surface area (Å²) in [5, 5.41) is 0. The summed E-state index contributed by atoms with van der Waals surface area (Å²) in [6.07, 6.45) is 0.134. The van der Waals surface area contributed by atoms with Gasteiger partial charge in [-0.25, -0.2) is 4.39 Å². The summed E-state index contributed by atoms with van der Waals surface area (Å²) in [6, 6.07) is 5.63. The van der Waals surface area contributed by atoms with Gasteiger partial charge >= 0.3 is 5.97 Å². The van der Waals surface area contributed by atoms with E-state index in [9.17, 15) is 14.0 Å². The smallest absolute Gasteiger partial charge is 0.325 e. The van der Waals surface area contributed by atoms with Crippen molar-refractivity contribution in [2.24, 2.45) is 0 Å². The summed E-state index contributed by atoms with van der Waals surface area (Å²) in [5.41, 5.74) is 0.710. The van der Waals surface area contributed by atoms with Crippen LogP contribution in [0.2, 0.25) is 0 Å². The topological polar surface area (TPSA) is 46.6 Å². The fourth-order valence-electron chi connectivity index (χ4n) is 1.64. The Kier molecular flexibility index (Phi) is 5.48. The van der Waals surface area contributed by atoms with E-state index < -0.39 is 5.97 Å². The molecule has 1 rings (SSSR count). The zero-order valence-corrected chi connectivity index (χ0v) is 11.4. The first kappa shape index (κ1) is 15.1. The van der Waals surface area contributed by atoms with Gasteiger partial charge in [-0.2, -0.15) is 0 Å². The lowest BCUT2D eigenvalue weighted by Crippen LogP contribution is -2.41. The molecular formula is C14H18FNO3. The number of ether oxygens (including phenoxy) is 1. The highest BCUT2D eigenvalue weighted by Gasteiger charge is 2.20. The maximum atomic E-state index is 12.8. The number of methoxy groups -OCH3 is 1. The Balaban J connectivity index is 2.71. The van der Waals surface area contributed by atoms with Gasteiger partial charge in [0.1, 0.15) is 12.4 Å². The average molecular weight is 267 g/mol. The van der Waals surface area contributed by atoms with E-state index in [2.05, 4.69) is 4.74 Å². The van der Waals surface area contributed by atoms with Crippen LogP contribution in [0.5, 0.6) is 0 Å². The Labute approximate surface area is 112 Å². The van der Waals surface area contributed by atoms with Gasteiger partial charge in [0, 0.05) is 6.04 Å². The molecule has 4 nitrogen and oxygen atoms in total. The second-order valence-corrected chi connectivity index (χ2v) is 4.49. The molecule has 0 saturated heterocycles. The summed E-state index contributed by atoms with van der Waals surface area (Å²) in [7, 11) is 1.28. The van der Waals surface area contributed by atoms with Crippen LogP contribution in [0, 0.1) is 5.82 Å². The molecule has 0 aliphatic heterocycles. The summed E-state index contributed by atoms with van der Waals surface area (Å²) in [5.74, 6) is -0.986. The normalized spacial score (nSPS) is 10.4. The number of amides is 1. The van der Waals surface area contributed by atoms with E-state index in [1.807, 2.05) is 13.8 Å². The SMILES string of the molecule is COC(=O)CN(C(=O)Cc1ccc(F)cc1)C(C)C. The molecule has 5 heteroatoms. The summed E-state index contributed by atoms with van der Waals surface area (Å²) >= 11 is 0. The first-order chi connectivity index (χ1) is 8.93. The second kappa shape index (κ2) is 6.87. The lowest BCUT2D eigenvalue weighted by atomic mass is 10.1. The van der Waals surface area contributed by atoms with Gasteiger partial charge < -0.3 is 9.64 Å². The molecule has 0 atom stereocenters. The van der Waals surface area contributed by atoms with E-state index >= 15 is 0 Å². The van der Waals surface area contributed by atoms with Crippen LogP contribution in [0.3, 0.4) is 0 Å². The van der Waals surface area contributed by atoms with E-state index in [1.165, 1.54) is 24.1 Å². The zero-order chi connectivity index (χ0) is 14.4. The molecule has 0 fully saturated rings. The average Bonchev–Trinajstić information content (AvgIpc) is 2.37. The number of benzene rings is 1. The minimum atomic E-state index is -0.457. The molecule has 104 valence electrons. The van der Waals surface area contributed by atoms with E-state index in [4.69, 9.17) is 0 Å². The predicted octanol–water partition coefficient (Wildman–Crippen LogP) is 1.78. The first-order valence-electron chi connectivity index (χ1n) is 6.04. The van der Waals surface area contributed by atoms with Crippen molar-refractivity contribution in [2.75, 3.05) is 13.7 Å². The van der Waals surface area contributed by atoms with E-state index in [-0.39, 0.29) is 30.7 Å². The van der Waals surface area contributed by atoms with Crippen molar-refractivity contribution >= 4 is 11.9 Å². The van der Waals surface area contributed by atoms with Crippen LogP contribution >= 0.6 is 0 Å². The Morgan fingerprint density at radius 2 is 1.84 bits per heavy atom. The maximum Gasteiger partial charge on any atom is 0.325 e. The maximum absolute atomic E-state index is 12.8. The van der Waals surface area contributed by atoms with E-state index in [1.54, 1.807) is 12.1 Å². The van der Waals surface area contributed by atoms with Crippen LogP contribution in [-0.4, -0.2) is 36.5 Å². The van der Waals surface area contributed by atoms with Gasteiger partial charge in [-0.15, -0.1) is 0 Å². The lowest BCUT2D eigenvalue weighted by molar-refractivity contribution is -0.148. The highest BCUT2D eigenvalue weighted by Crippen LogP contribution is 2.08. The van der Waals surface area contributed by atoms with Gasteiger partial charge in [0.05, 0.1) is 13.5 Å². The molecule has 0 heterocycles. The minimum absolute atomic E-state index is 0.0752. The van der Waals surface area contributed by atoms with Gasteiger partial charge in [0.25, 0.3) is 0 Å². The molecule has 19 heavy (non-hydrogen) atoms. The van der Waals surface area contributed by atoms with Crippen LogP contribution in [0.1, 0.15) is 19.4 Å². The van der Waals surface area contributed by atoms with E-state index in [0.717, 1.165) is 0 Å². The second-order valence-electron chi connectivity index (χ2n) is 4.49. The van der Waals surface area contributed by atoms with Crippen molar-refractivity contribution in [3.8, 4) is 0 Å². The highest BCUT2D eigenvalue weighted by molar-refractivity contribution is 5.83. The molecule has 0 saturated carbocycles. The van der Waals surface area contributed by atoms with Crippen LogP contribution in [0.25, 0.3) is 0 Å². The molecule has 0 spiro atoms. The molecule has 1 aromatic carbocycles. The van der Waals surface area contributed by atoms with Crippen molar-refractivity contribution < 1.29 is 18.7 Å². The standard InChI is InChI=1S/C14H18FNO3/c1-10(2)16(9-14(18)19-3)13(17)8-11-4-6-12(15)7-5-11/h4-7,10H,8-9H2,1-3H3. The number of nitrogens with zero attached hydrogens (tertiary/aromatic N) is 1. The Morgan fingerprint density at radius 3 is 2.32 bits per heavy atom. The molecule has 0 N–H and O–H groups in total. The number of hydrogen-bond acceptors (Lipinski definition) is 3. The molecule has 1 aromatic rings. The molecule has 0 unspecified atom stereocenters. The van der Waals surface area contributed by atoms with Gasteiger partial charge in [-0.1, -0.05) is 12.1 Å². The quantitative estimate of drug-likeness (QED) is 0.764. The molecule has 0 radical (unpaired) electrons. The van der Waals surface area contributed by atoms with Crippen molar-refractivity contribution in [3.63, 3.8) is 0 Å². The van der Waals surface area contributed by atoms with Gasteiger partial charge in [-0.05, 0) is 31.5 Å². The monoisotopic (exact) mass is 267 g/mol. The van der Waals surface area contributed by atoms with Gasteiger partial charge in [-0.3, -0.25) is 9.59 Å². The Bertz CT molecular complexity index is 443. The van der Waals surface area contributed by atoms with Crippen LogP contribution in [0.15, 0.2) is 24.3 Å². The third-order valence-electron chi connectivity index (χ3n) is 2.74. The highest BCUT2D eigenvalue weighted by atomic mass is 19.1. The number of esters is 1. The van der Waals surface area contributed by atoms with Crippen LogP contribution in [-0.2, 0) is 20.7 Å². The Morgan fingerprint density at radius 1 is 1.26 bits per heavy atom. The van der Waals surface area contributed by atoms with Crippen LogP contribution in [0.4, 0.5) is 4.39 Å². The zero-order valence-electron chi connectivity index (χ0n) is 11.4. The largest absolute Gasteiger partial charge is 0.468 e. The van der Waals surface area contributed by atoms with Crippen molar-refractivity contribution in [1.82, 2.24) is 4.90 Å². The molecule has 0 aromatic heterocycles. The lowest BCUT2D eigenvalue weighted by Gasteiger charge is -2.25. The molecule has 0 aliphatic carbocycles. The molecule has 1 amide bonds. The predicted molar refractivity (Wildman–Crippen MR) is 69.0 cm³/mol.